The monoisotopic (exact) mass is 211 g/mol. The maximum atomic E-state index is 9.20. The van der Waals surface area contributed by atoms with Gasteiger partial charge in [0, 0.05) is 6.04 Å². The van der Waals surface area contributed by atoms with Crippen molar-refractivity contribution >= 4 is 0 Å². The first-order chi connectivity index (χ1) is 7.15. The molecule has 15 heavy (non-hydrogen) atoms. The summed E-state index contributed by atoms with van der Waals surface area (Å²) in [4.78, 5) is 0. The van der Waals surface area contributed by atoms with E-state index in [4.69, 9.17) is 0 Å². The second-order valence-electron chi connectivity index (χ2n) is 5.86. The van der Waals surface area contributed by atoms with E-state index in [1.54, 1.807) is 0 Å². The molecular formula is C13H25NO. The molecule has 2 fully saturated rings. The van der Waals surface area contributed by atoms with Crippen LogP contribution in [0.3, 0.4) is 0 Å². The number of aliphatic hydroxyl groups is 1. The van der Waals surface area contributed by atoms with Crippen molar-refractivity contribution in [1.82, 2.24) is 5.32 Å². The van der Waals surface area contributed by atoms with Crippen LogP contribution in [0.4, 0.5) is 0 Å². The molecule has 88 valence electrons. The normalized spacial score (nSPS) is 46.2. The van der Waals surface area contributed by atoms with Crippen molar-refractivity contribution in [3.8, 4) is 0 Å². The highest BCUT2D eigenvalue weighted by molar-refractivity contribution is 4.84. The van der Waals surface area contributed by atoms with Gasteiger partial charge in [0.05, 0.1) is 6.10 Å². The maximum absolute atomic E-state index is 9.20. The molecule has 2 aliphatic carbocycles. The number of hydrogen-bond acceptors (Lipinski definition) is 2. The average molecular weight is 211 g/mol. The fraction of sp³-hybridized carbons (Fsp3) is 1.00. The summed E-state index contributed by atoms with van der Waals surface area (Å²) in [5.41, 5.74) is 0. The van der Waals surface area contributed by atoms with Crippen LogP contribution in [-0.2, 0) is 0 Å². The lowest BCUT2D eigenvalue weighted by atomic mass is 9.78. The topological polar surface area (TPSA) is 32.3 Å². The Morgan fingerprint density at radius 1 is 1.07 bits per heavy atom. The Bertz CT molecular complexity index is 201. The minimum absolute atomic E-state index is 0.00195. The number of hydrogen-bond donors (Lipinski definition) is 2. The summed E-state index contributed by atoms with van der Waals surface area (Å²) in [5, 5.41) is 12.9. The largest absolute Gasteiger partial charge is 0.393 e. The van der Waals surface area contributed by atoms with Gasteiger partial charge in [-0.15, -0.1) is 0 Å². The van der Waals surface area contributed by atoms with Crippen molar-refractivity contribution in [2.75, 3.05) is 6.54 Å². The molecule has 2 nitrogen and oxygen atoms in total. The van der Waals surface area contributed by atoms with Gasteiger partial charge < -0.3 is 10.4 Å². The zero-order chi connectivity index (χ0) is 10.8. The van der Waals surface area contributed by atoms with Crippen LogP contribution in [-0.4, -0.2) is 23.8 Å². The first kappa shape index (κ1) is 11.4. The molecule has 2 aliphatic rings. The number of rotatable bonds is 3. The van der Waals surface area contributed by atoms with Crippen LogP contribution < -0.4 is 5.32 Å². The van der Waals surface area contributed by atoms with E-state index in [9.17, 15) is 5.11 Å². The summed E-state index contributed by atoms with van der Waals surface area (Å²) >= 11 is 0. The molecule has 0 aromatic heterocycles. The Balaban J connectivity index is 1.63. The SMILES string of the molecule is CC1CCC(NCC2CC(O)C2)CC1C. The van der Waals surface area contributed by atoms with Crippen molar-refractivity contribution in [2.45, 2.75) is 58.1 Å². The Hall–Kier alpha value is -0.0800. The second-order valence-corrected chi connectivity index (χ2v) is 5.86. The zero-order valence-electron chi connectivity index (χ0n) is 10.1. The van der Waals surface area contributed by atoms with E-state index >= 15 is 0 Å². The summed E-state index contributed by atoms with van der Waals surface area (Å²) in [6, 6.07) is 0.744. The Labute approximate surface area is 93.5 Å². The average Bonchev–Trinajstić information content (AvgIpc) is 2.16. The van der Waals surface area contributed by atoms with E-state index in [1.165, 1.54) is 19.3 Å². The van der Waals surface area contributed by atoms with Gasteiger partial charge in [0.25, 0.3) is 0 Å². The first-order valence-electron chi connectivity index (χ1n) is 6.56. The fourth-order valence-electron chi connectivity index (χ4n) is 2.93. The highest BCUT2D eigenvalue weighted by Crippen LogP contribution is 2.30. The van der Waals surface area contributed by atoms with Crippen molar-refractivity contribution in [3.05, 3.63) is 0 Å². The van der Waals surface area contributed by atoms with Gasteiger partial charge in [-0.2, -0.15) is 0 Å². The molecule has 0 aromatic carbocycles. The van der Waals surface area contributed by atoms with Gasteiger partial charge in [-0.25, -0.2) is 0 Å². The van der Waals surface area contributed by atoms with E-state index in [0.717, 1.165) is 43.2 Å². The van der Waals surface area contributed by atoms with Gasteiger partial charge in [-0.1, -0.05) is 13.8 Å². The van der Waals surface area contributed by atoms with Crippen LogP contribution in [0.5, 0.6) is 0 Å². The van der Waals surface area contributed by atoms with Crippen LogP contribution in [0.15, 0.2) is 0 Å². The third kappa shape index (κ3) is 2.94. The smallest absolute Gasteiger partial charge is 0.0546 e. The predicted octanol–water partition coefficient (Wildman–Crippen LogP) is 2.17. The molecule has 0 heterocycles. The standard InChI is InChI=1S/C13H25NO/c1-9-3-4-12(5-10(9)2)14-8-11-6-13(15)7-11/h9-15H,3-8H2,1-2H3. The molecule has 0 radical (unpaired) electrons. The highest BCUT2D eigenvalue weighted by atomic mass is 16.3. The van der Waals surface area contributed by atoms with E-state index in [0.29, 0.717) is 0 Å². The molecule has 0 aromatic rings. The Kier molecular flexibility index (Phi) is 3.68. The molecule has 0 spiro atoms. The predicted molar refractivity (Wildman–Crippen MR) is 62.7 cm³/mol. The minimum Gasteiger partial charge on any atom is -0.393 e. The van der Waals surface area contributed by atoms with Crippen LogP contribution in [0.1, 0.15) is 46.0 Å². The summed E-state index contributed by atoms with van der Waals surface area (Å²) in [7, 11) is 0. The Morgan fingerprint density at radius 3 is 2.40 bits per heavy atom. The maximum Gasteiger partial charge on any atom is 0.0546 e. The lowest BCUT2D eigenvalue weighted by Gasteiger charge is -2.36. The zero-order valence-corrected chi connectivity index (χ0v) is 10.1. The molecular weight excluding hydrogens is 186 g/mol. The van der Waals surface area contributed by atoms with E-state index < -0.39 is 0 Å². The summed E-state index contributed by atoms with van der Waals surface area (Å²) in [6.45, 7) is 5.89. The van der Waals surface area contributed by atoms with Crippen LogP contribution in [0.25, 0.3) is 0 Å². The van der Waals surface area contributed by atoms with Crippen molar-refractivity contribution < 1.29 is 5.11 Å². The van der Waals surface area contributed by atoms with Crippen LogP contribution in [0, 0.1) is 17.8 Å². The fourth-order valence-corrected chi connectivity index (χ4v) is 2.93. The van der Waals surface area contributed by atoms with Gasteiger partial charge in [-0.05, 0) is 56.4 Å². The molecule has 2 N–H and O–H groups in total. The highest BCUT2D eigenvalue weighted by Gasteiger charge is 2.29. The lowest BCUT2D eigenvalue weighted by molar-refractivity contribution is 0.0403. The van der Waals surface area contributed by atoms with Crippen LogP contribution in [0.2, 0.25) is 0 Å². The molecule has 0 aliphatic heterocycles. The van der Waals surface area contributed by atoms with Crippen molar-refractivity contribution in [3.63, 3.8) is 0 Å². The number of aliphatic hydroxyl groups excluding tert-OH is 1. The van der Waals surface area contributed by atoms with Gasteiger partial charge in [0.1, 0.15) is 0 Å². The van der Waals surface area contributed by atoms with E-state index in [1.807, 2.05) is 0 Å². The Morgan fingerprint density at radius 2 is 1.80 bits per heavy atom. The molecule has 3 unspecified atom stereocenters. The lowest BCUT2D eigenvalue weighted by Crippen LogP contribution is -2.42. The van der Waals surface area contributed by atoms with Gasteiger partial charge in [0.15, 0.2) is 0 Å². The third-order valence-electron chi connectivity index (χ3n) is 4.50. The molecule has 2 heteroatoms. The summed E-state index contributed by atoms with van der Waals surface area (Å²) in [6.07, 6.45) is 6.11. The van der Waals surface area contributed by atoms with E-state index in [2.05, 4.69) is 19.2 Å². The molecule has 0 amide bonds. The van der Waals surface area contributed by atoms with Crippen LogP contribution >= 0.6 is 0 Å². The summed E-state index contributed by atoms with van der Waals surface area (Å²) in [5.74, 6) is 2.53. The minimum atomic E-state index is 0.00195. The van der Waals surface area contributed by atoms with Gasteiger partial charge >= 0.3 is 0 Å². The molecule has 0 bridgehead atoms. The second kappa shape index (κ2) is 4.84. The molecule has 0 saturated heterocycles. The summed E-state index contributed by atoms with van der Waals surface area (Å²) < 4.78 is 0. The molecule has 2 rings (SSSR count). The van der Waals surface area contributed by atoms with E-state index in [-0.39, 0.29) is 6.10 Å². The molecule has 2 saturated carbocycles. The number of nitrogens with one attached hydrogen (secondary N) is 1. The van der Waals surface area contributed by atoms with Gasteiger partial charge in [0.2, 0.25) is 0 Å². The third-order valence-corrected chi connectivity index (χ3v) is 4.50. The molecule has 3 atom stereocenters. The first-order valence-corrected chi connectivity index (χ1v) is 6.56. The van der Waals surface area contributed by atoms with Crippen molar-refractivity contribution in [2.24, 2.45) is 17.8 Å². The van der Waals surface area contributed by atoms with Crippen molar-refractivity contribution in [1.29, 1.82) is 0 Å². The quantitative estimate of drug-likeness (QED) is 0.750. The van der Waals surface area contributed by atoms with Gasteiger partial charge in [-0.3, -0.25) is 0 Å².